The highest BCUT2D eigenvalue weighted by Crippen LogP contribution is 2.31. The van der Waals surface area contributed by atoms with Crippen LogP contribution in [0.2, 0.25) is 20.1 Å². The van der Waals surface area contributed by atoms with Crippen molar-refractivity contribution < 1.29 is 18.0 Å². The van der Waals surface area contributed by atoms with Crippen molar-refractivity contribution in [2.75, 3.05) is 17.1 Å². The Labute approximate surface area is 285 Å². The Morgan fingerprint density at radius 3 is 2.22 bits per heavy atom. The van der Waals surface area contributed by atoms with Gasteiger partial charge in [0, 0.05) is 47.0 Å². The number of hydrogen-bond acceptors (Lipinski definition) is 4. The summed E-state index contributed by atoms with van der Waals surface area (Å²) in [6.45, 7) is 0.0537. The van der Waals surface area contributed by atoms with Gasteiger partial charge in [-0.2, -0.15) is 0 Å². The fraction of sp³-hybridized carbons (Fsp3) is 0.394. The lowest BCUT2D eigenvalue weighted by atomic mass is 9.94. The summed E-state index contributed by atoms with van der Waals surface area (Å²) in [6.07, 6.45) is 6.54. The van der Waals surface area contributed by atoms with E-state index >= 15 is 0 Å². The molecule has 12 heteroatoms. The number of hydrogen-bond donors (Lipinski definition) is 1. The standard InChI is InChI=1S/C33H37Cl4N3O4S/c1-45(43,44)40(30-21-26(35)16-17-28(30)36)18-8-13-32(41)39(22-24-14-15-25(34)20-29(24)37)31(19-23-9-4-2-5-10-23)33(42)38-27-11-6-3-7-12-27/h2,4-5,9-10,14-17,20-21,27,31H,3,6-8,11-13,18-19,22H2,1H3,(H,38,42)/t31-/m0/s1. The van der Waals surface area contributed by atoms with E-state index in [2.05, 4.69) is 5.32 Å². The summed E-state index contributed by atoms with van der Waals surface area (Å²) in [4.78, 5) is 29.6. The van der Waals surface area contributed by atoms with E-state index < -0.39 is 16.1 Å². The summed E-state index contributed by atoms with van der Waals surface area (Å²) in [7, 11) is -3.75. The van der Waals surface area contributed by atoms with Crippen LogP contribution in [0.1, 0.15) is 56.1 Å². The molecule has 0 radical (unpaired) electrons. The van der Waals surface area contributed by atoms with Crippen molar-refractivity contribution >= 4 is 73.9 Å². The Kier molecular flexibility index (Phi) is 12.9. The first-order chi connectivity index (χ1) is 21.4. The molecule has 1 aliphatic carbocycles. The molecule has 45 heavy (non-hydrogen) atoms. The fourth-order valence-electron chi connectivity index (χ4n) is 5.59. The highest BCUT2D eigenvalue weighted by molar-refractivity contribution is 7.92. The van der Waals surface area contributed by atoms with Crippen molar-refractivity contribution in [2.24, 2.45) is 0 Å². The number of benzene rings is 3. The summed E-state index contributed by atoms with van der Waals surface area (Å²) in [5.74, 6) is -0.543. The molecule has 2 amide bonds. The predicted molar refractivity (Wildman–Crippen MR) is 184 cm³/mol. The number of nitrogens with one attached hydrogen (secondary N) is 1. The number of halogens is 4. The first-order valence-electron chi connectivity index (χ1n) is 14.9. The lowest BCUT2D eigenvalue weighted by Crippen LogP contribution is -2.53. The van der Waals surface area contributed by atoms with Gasteiger partial charge in [0.05, 0.1) is 17.0 Å². The summed E-state index contributed by atoms with van der Waals surface area (Å²) >= 11 is 25.2. The van der Waals surface area contributed by atoms with Crippen molar-refractivity contribution in [1.82, 2.24) is 10.2 Å². The highest BCUT2D eigenvalue weighted by atomic mass is 35.5. The molecular weight excluding hydrogens is 676 g/mol. The highest BCUT2D eigenvalue weighted by Gasteiger charge is 2.32. The maximum Gasteiger partial charge on any atom is 0.243 e. The molecule has 1 aliphatic rings. The number of carbonyl (C=O) groups is 2. The number of anilines is 1. The minimum Gasteiger partial charge on any atom is -0.352 e. The largest absolute Gasteiger partial charge is 0.352 e. The molecule has 4 rings (SSSR count). The lowest BCUT2D eigenvalue weighted by molar-refractivity contribution is -0.141. The molecule has 1 fully saturated rings. The third-order valence-corrected chi connectivity index (χ3v) is 10.2. The van der Waals surface area contributed by atoms with E-state index in [-0.39, 0.29) is 54.5 Å². The SMILES string of the molecule is CS(=O)(=O)N(CCCC(=O)N(Cc1ccc(Cl)cc1Cl)[C@@H](Cc1ccccc1)C(=O)NC1CCCCC1)c1cc(Cl)ccc1Cl. The zero-order valence-electron chi connectivity index (χ0n) is 25.0. The Balaban J connectivity index is 1.63. The van der Waals surface area contributed by atoms with E-state index in [0.29, 0.717) is 27.1 Å². The van der Waals surface area contributed by atoms with Crippen LogP contribution in [0, 0.1) is 0 Å². The molecule has 3 aromatic carbocycles. The number of carbonyl (C=O) groups excluding carboxylic acids is 2. The summed E-state index contributed by atoms with van der Waals surface area (Å²) in [6, 6.07) is 18.4. The van der Waals surface area contributed by atoms with Crippen LogP contribution in [0.3, 0.4) is 0 Å². The van der Waals surface area contributed by atoms with Gasteiger partial charge in [0.15, 0.2) is 0 Å². The van der Waals surface area contributed by atoms with E-state index in [0.717, 1.165) is 48.2 Å². The average molecular weight is 714 g/mol. The molecule has 0 heterocycles. The van der Waals surface area contributed by atoms with Crippen LogP contribution >= 0.6 is 46.4 Å². The molecule has 1 N–H and O–H groups in total. The summed E-state index contributed by atoms with van der Waals surface area (Å²) < 4.78 is 26.6. The molecule has 7 nitrogen and oxygen atoms in total. The van der Waals surface area contributed by atoms with Gasteiger partial charge in [-0.3, -0.25) is 13.9 Å². The maximum absolute atomic E-state index is 14.1. The van der Waals surface area contributed by atoms with Gasteiger partial charge in [-0.1, -0.05) is 102 Å². The topological polar surface area (TPSA) is 86.8 Å². The first-order valence-corrected chi connectivity index (χ1v) is 18.3. The number of sulfonamides is 1. The number of rotatable bonds is 13. The Morgan fingerprint density at radius 1 is 0.889 bits per heavy atom. The molecule has 1 atom stereocenters. The number of amides is 2. The zero-order chi connectivity index (χ0) is 32.6. The fourth-order valence-corrected chi connectivity index (χ4v) is 7.46. The second kappa shape index (κ2) is 16.4. The Hall–Kier alpha value is -2.49. The van der Waals surface area contributed by atoms with Gasteiger partial charge in [0.1, 0.15) is 6.04 Å². The minimum atomic E-state index is -3.75. The van der Waals surface area contributed by atoms with Gasteiger partial charge in [0.2, 0.25) is 21.8 Å². The third kappa shape index (κ3) is 10.2. The molecule has 0 aliphatic heterocycles. The third-order valence-electron chi connectivity index (χ3n) is 7.91. The minimum absolute atomic E-state index is 0.0161. The molecule has 1 saturated carbocycles. The predicted octanol–water partition coefficient (Wildman–Crippen LogP) is 7.94. The number of nitrogens with zero attached hydrogens (tertiary/aromatic N) is 2. The molecule has 0 spiro atoms. The summed E-state index contributed by atoms with van der Waals surface area (Å²) in [5, 5.41) is 4.60. The molecule has 3 aromatic rings. The monoisotopic (exact) mass is 711 g/mol. The smallest absolute Gasteiger partial charge is 0.243 e. The van der Waals surface area contributed by atoms with Gasteiger partial charge in [-0.25, -0.2) is 8.42 Å². The molecular formula is C33H37Cl4N3O4S. The second-order valence-electron chi connectivity index (χ2n) is 11.3. The normalized spacial score (nSPS) is 14.5. The van der Waals surface area contributed by atoms with Crippen molar-refractivity contribution in [2.45, 2.75) is 70.0 Å². The van der Waals surface area contributed by atoms with Crippen LogP contribution in [-0.2, 0) is 32.6 Å². The van der Waals surface area contributed by atoms with Crippen LogP contribution in [-0.4, -0.2) is 50.0 Å². The van der Waals surface area contributed by atoms with Crippen LogP contribution in [0.4, 0.5) is 5.69 Å². The lowest BCUT2D eigenvalue weighted by Gasteiger charge is -2.34. The van der Waals surface area contributed by atoms with Gasteiger partial charge in [-0.15, -0.1) is 0 Å². The first kappa shape index (κ1) is 35.4. The molecule has 0 bridgehead atoms. The van der Waals surface area contributed by atoms with E-state index in [1.165, 1.54) is 12.1 Å². The van der Waals surface area contributed by atoms with Crippen molar-refractivity contribution in [3.8, 4) is 0 Å². The van der Waals surface area contributed by atoms with Crippen LogP contribution in [0.5, 0.6) is 0 Å². The molecule has 242 valence electrons. The van der Waals surface area contributed by atoms with Crippen LogP contribution in [0.15, 0.2) is 66.7 Å². The van der Waals surface area contributed by atoms with Gasteiger partial charge in [0.25, 0.3) is 0 Å². The zero-order valence-corrected chi connectivity index (χ0v) is 28.9. The van der Waals surface area contributed by atoms with Crippen LogP contribution in [0.25, 0.3) is 0 Å². The van der Waals surface area contributed by atoms with Gasteiger partial charge < -0.3 is 10.2 Å². The van der Waals surface area contributed by atoms with E-state index in [1.54, 1.807) is 29.2 Å². The Morgan fingerprint density at radius 2 is 1.56 bits per heavy atom. The van der Waals surface area contributed by atoms with Crippen molar-refractivity contribution in [3.63, 3.8) is 0 Å². The molecule has 0 saturated heterocycles. The second-order valence-corrected chi connectivity index (χ2v) is 14.9. The van der Waals surface area contributed by atoms with Crippen LogP contribution < -0.4 is 9.62 Å². The van der Waals surface area contributed by atoms with E-state index in [4.69, 9.17) is 46.4 Å². The average Bonchev–Trinajstić information content (AvgIpc) is 2.99. The van der Waals surface area contributed by atoms with Crippen molar-refractivity contribution in [3.05, 3.63) is 97.9 Å². The maximum atomic E-state index is 14.1. The quantitative estimate of drug-likeness (QED) is 0.195. The summed E-state index contributed by atoms with van der Waals surface area (Å²) in [5.41, 5.74) is 1.78. The van der Waals surface area contributed by atoms with Gasteiger partial charge >= 0.3 is 0 Å². The molecule has 0 unspecified atom stereocenters. The molecule has 0 aromatic heterocycles. The van der Waals surface area contributed by atoms with E-state index in [9.17, 15) is 18.0 Å². The van der Waals surface area contributed by atoms with Crippen molar-refractivity contribution in [1.29, 1.82) is 0 Å². The van der Waals surface area contributed by atoms with E-state index in [1.807, 2.05) is 30.3 Å². The van der Waals surface area contributed by atoms with Gasteiger partial charge in [-0.05, 0) is 60.7 Å². The Bertz CT molecular complexity index is 1580.